The molecule has 0 radical (unpaired) electrons. The second-order valence-electron chi connectivity index (χ2n) is 4.82. The Bertz CT molecular complexity index is 715. The zero-order valence-electron chi connectivity index (χ0n) is 10.4. The number of rotatable bonds is 1. The molecule has 1 aliphatic carbocycles. The highest BCUT2D eigenvalue weighted by molar-refractivity contribution is 5.77. The fraction of sp³-hybridized carbons (Fsp3) is 0.125. The quantitative estimate of drug-likeness (QED) is 0.717. The van der Waals surface area contributed by atoms with Crippen LogP contribution >= 0.6 is 0 Å². The van der Waals surface area contributed by atoms with Crippen LogP contribution in [0.4, 0.5) is 0 Å². The van der Waals surface area contributed by atoms with E-state index in [1.54, 1.807) is 0 Å². The predicted molar refractivity (Wildman–Crippen MR) is 74.7 cm³/mol. The lowest BCUT2D eigenvalue weighted by Gasteiger charge is -2.15. The molecule has 3 nitrogen and oxygen atoms in total. The van der Waals surface area contributed by atoms with Crippen LogP contribution in [-0.4, -0.2) is 15.2 Å². The van der Waals surface area contributed by atoms with Crippen molar-refractivity contribution >= 4 is 0 Å². The minimum atomic E-state index is 1.04. The molecule has 3 heteroatoms. The maximum atomic E-state index is 4.53. The Morgan fingerprint density at radius 1 is 0.947 bits per heavy atom. The van der Waals surface area contributed by atoms with Gasteiger partial charge in [0, 0.05) is 29.1 Å². The predicted octanol–water partition coefficient (Wildman–Crippen LogP) is 3.24. The molecule has 19 heavy (non-hydrogen) atoms. The second-order valence-corrected chi connectivity index (χ2v) is 4.82. The van der Waals surface area contributed by atoms with Crippen LogP contribution in [-0.2, 0) is 12.8 Å². The van der Waals surface area contributed by atoms with E-state index in [1.807, 2.05) is 24.5 Å². The van der Waals surface area contributed by atoms with Gasteiger partial charge in [-0.05, 0) is 30.5 Å². The smallest absolute Gasteiger partial charge is 0.0962 e. The number of H-pyrrole nitrogens is 1. The minimum Gasteiger partial charge on any atom is -0.277 e. The number of aryl methyl sites for hydroxylation is 1. The fourth-order valence-electron chi connectivity index (χ4n) is 2.82. The first kappa shape index (κ1) is 10.5. The second kappa shape index (κ2) is 4.05. The average Bonchev–Trinajstić information content (AvgIpc) is 2.92. The fourth-order valence-corrected chi connectivity index (χ4v) is 2.82. The Morgan fingerprint density at radius 2 is 1.79 bits per heavy atom. The molecular weight excluding hydrogens is 234 g/mol. The maximum absolute atomic E-state index is 4.53. The number of nitrogens with one attached hydrogen (secondary N) is 1. The van der Waals surface area contributed by atoms with Gasteiger partial charge in [0.2, 0.25) is 0 Å². The molecule has 1 N–H and O–H groups in total. The van der Waals surface area contributed by atoms with Gasteiger partial charge in [0.05, 0.1) is 11.4 Å². The largest absolute Gasteiger partial charge is 0.277 e. The standard InChI is InChI=1S/C16H13N3/c1-2-4-13-11(3-1)5-6-14-15(18-19-16(13)14)12-7-9-17-10-8-12/h1-4,7-10H,5-6H2,(H,18,19). The van der Waals surface area contributed by atoms with Crippen molar-refractivity contribution in [2.75, 3.05) is 0 Å². The summed E-state index contributed by atoms with van der Waals surface area (Å²) in [7, 11) is 0. The number of fused-ring (bicyclic) bond motifs is 3. The number of aromatic nitrogens is 3. The molecule has 2 heterocycles. The molecule has 1 aromatic carbocycles. The Hall–Kier alpha value is -2.42. The Balaban J connectivity index is 1.91. The third kappa shape index (κ3) is 1.58. The Kier molecular flexibility index (Phi) is 2.24. The lowest BCUT2D eigenvalue weighted by atomic mass is 9.88. The van der Waals surface area contributed by atoms with E-state index in [0.717, 1.165) is 29.8 Å². The van der Waals surface area contributed by atoms with Crippen molar-refractivity contribution in [1.82, 2.24) is 15.2 Å². The van der Waals surface area contributed by atoms with Crippen LogP contribution in [0.2, 0.25) is 0 Å². The summed E-state index contributed by atoms with van der Waals surface area (Å²) in [6, 6.07) is 12.6. The van der Waals surface area contributed by atoms with Crippen LogP contribution in [0.3, 0.4) is 0 Å². The third-order valence-corrected chi connectivity index (χ3v) is 3.75. The average molecular weight is 247 g/mol. The zero-order valence-corrected chi connectivity index (χ0v) is 10.4. The van der Waals surface area contributed by atoms with Gasteiger partial charge in [0.25, 0.3) is 0 Å². The summed E-state index contributed by atoms with van der Waals surface area (Å²) in [5.74, 6) is 0. The van der Waals surface area contributed by atoms with E-state index < -0.39 is 0 Å². The summed E-state index contributed by atoms with van der Waals surface area (Å²) in [5.41, 5.74) is 7.37. The van der Waals surface area contributed by atoms with Gasteiger partial charge in [-0.25, -0.2) is 0 Å². The maximum Gasteiger partial charge on any atom is 0.0962 e. The van der Waals surface area contributed by atoms with Gasteiger partial charge in [-0.1, -0.05) is 24.3 Å². The molecule has 0 unspecified atom stereocenters. The summed E-state index contributed by atoms with van der Waals surface area (Å²) in [4.78, 5) is 4.07. The van der Waals surface area contributed by atoms with E-state index in [9.17, 15) is 0 Å². The van der Waals surface area contributed by atoms with Gasteiger partial charge >= 0.3 is 0 Å². The monoisotopic (exact) mass is 247 g/mol. The molecule has 0 amide bonds. The normalized spacial score (nSPS) is 12.8. The molecule has 92 valence electrons. The van der Waals surface area contributed by atoms with Crippen LogP contribution in [0.15, 0.2) is 48.8 Å². The van der Waals surface area contributed by atoms with Crippen LogP contribution in [0.25, 0.3) is 22.5 Å². The van der Waals surface area contributed by atoms with E-state index in [2.05, 4.69) is 39.4 Å². The van der Waals surface area contributed by atoms with Gasteiger partial charge in [-0.15, -0.1) is 0 Å². The van der Waals surface area contributed by atoms with Crippen molar-refractivity contribution in [2.24, 2.45) is 0 Å². The number of hydrogen-bond donors (Lipinski definition) is 1. The molecule has 2 aromatic heterocycles. The number of benzene rings is 1. The highest BCUT2D eigenvalue weighted by Gasteiger charge is 2.22. The lowest BCUT2D eigenvalue weighted by Crippen LogP contribution is -2.03. The first-order valence-electron chi connectivity index (χ1n) is 6.49. The molecule has 0 spiro atoms. The summed E-state index contributed by atoms with van der Waals surface area (Å²) in [6.07, 6.45) is 5.76. The minimum absolute atomic E-state index is 1.04. The molecule has 0 saturated heterocycles. The van der Waals surface area contributed by atoms with Gasteiger partial charge in [-0.2, -0.15) is 5.10 Å². The summed E-state index contributed by atoms with van der Waals surface area (Å²) >= 11 is 0. The van der Waals surface area contributed by atoms with Crippen LogP contribution in [0, 0.1) is 0 Å². The molecule has 0 saturated carbocycles. The van der Waals surface area contributed by atoms with Gasteiger partial charge < -0.3 is 0 Å². The van der Waals surface area contributed by atoms with E-state index in [0.29, 0.717) is 0 Å². The molecule has 0 aliphatic heterocycles. The molecule has 1 aliphatic rings. The number of hydrogen-bond acceptors (Lipinski definition) is 2. The highest BCUT2D eigenvalue weighted by Crippen LogP contribution is 2.36. The van der Waals surface area contributed by atoms with Crippen molar-refractivity contribution in [2.45, 2.75) is 12.8 Å². The third-order valence-electron chi connectivity index (χ3n) is 3.75. The van der Waals surface area contributed by atoms with Crippen LogP contribution in [0.5, 0.6) is 0 Å². The van der Waals surface area contributed by atoms with Crippen LogP contribution < -0.4 is 0 Å². The van der Waals surface area contributed by atoms with E-state index >= 15 is 0 Å². The van der Waals surface area contributed by atoms with Crippen LogP contribution in [0.1, 0.15) is 11.1 Å². The van der Waals surface area contributed by atoms with Crippen molar-refractivity contribution in [3.8, 4) is 22.5 Å². The Morgan fingerprint density at radius 3 is 2.68 bits per heavy atom. The molecule has 4 rings (SSSR count). The van der Waals surface area contributed by atoms with Crippen molar-refractivity contribution in [3.05, 3.63) is 59.9 Å². The zero-order chi connectivity index (χ0) is 12.7. The van der Waals surface area contributed by atoms with E-state index in [1.165, 1.54) is 16.7 Å². The van der Waals surface area contributed by atoms with Crippen molar-refractivity contribution in [1.29, 1.82) is 0 Å². The number of pyridine rings is 1. The first-order chi connectivity index (χ1) is 9.43. The highest BCUT2D eigenvalue weighted by atomic mass is 15.1. The summed E-state index contributed by atoms with van der Waals surface area (Å²) in [6.45, 7) is 0. The van der Waals surface area contributed by atoms with E-state index in [-0.39, 0.29) is 0 Å². The number of nitrogens with zero attached hydrogens (tertiary/aromatic N) is 2. The number of aromatic amines is 1. The molecule has 3 aromatic rings. The Labute approximate surface area is 111 Å². The van der Waals surface area contributed by atoms with Gasteiger partial charge in [0.1, 0.15) is 0 Å². The summed E-state index contributed by atoms with van der Waals surface area (Å²) in [5, 5.41) is 7.72. The SMILES string of the molecule is c1ccc2c(c1)CCc1c-2n[nH]c1-c1ccncc1. The van der Waals surface area contributed by atoms with Gasteiger partial charge in [0.15, 0.2) is 0 Å². The molecular formula is C16H13N3. The van der Waals surface area contributed by atoms with Crippen molar-refractivity contribution in [3.63, 3.8) is 0 Å². The van der Waals surface area contributed by atoms with Crippen molar-refractivity contribution < 1.29 is 0 Å². The molecule has 0 fully saturated rings. The van der Waals surface area contributed by atoms with E-state index in [4.69, 9.17) is 0 Å². The topological polar surface area (TPSA) is 41.6 Å². The first-order valence-corrected chi connectivity index (χ1v) is 6.49. The summed E-state index contributed by atoms with van der Waals surface area (Å²) < 4.78 is 0. The lowest BCUT2D eigenvalue weighted by molar-refractivity contribution is 0.943. The molecule has 0 atom stereocenters. The molecule has 0 bridgehead atoms. The van der Waals surface area contributed by atoms with Gasteiger partial charge in [-0.3, -0.25) is 10.1 Å².